The van der Waals surface area contributed by atoms with Gasteiger partial charge in [0.15, 0.2) is 0 Å². The minimum absolute atomic E-state index is 0.0368. The second kappa shape index (κ2) is 12.1. The maximum atomic E-state index is 13.8. The fourth-order valence-corrected chi connectivity index (χ4v) is 4.29. The molecule has 0 radical (unpaired) electrons. The molecule has 2 unspecified atom stereocenters. The van der Waals surface area contributed by atoms with Crippen LogP contribution in [0.15, 0.2) is 72.8 Å². The van der Waals surface area contributed by atoms with E-state index in [1.807, 2.05) is 86.6 Å². The number of nitrogens with one attached hydrogen (secondary N) is 2. The van der Waals surface area contributed by atoms with E-state index in [2.05, 4.69) is 23.3 Å². The Kier molecular flexibility index (Phi) is 9.21. The van der Waals surface area contributed by atoms with Crippen molar-refractivity contribution in [2.75, 3.05) is 11.1 Å². The van der Waals surface area contributed by atoms with E-state index in [0.717, 1.165) is 10.8 Å². The van der Waals surface area contributed by atoms with Crippen LogP contribution < -0.4 is 10.6 Å². The maximum absolute atomic E-state index is 13.8. The van der Waals surface area contributed by atoms with Gasteiger partial charge in [-0.25, -0.2) is 4.79 Å². The Bertz CT molecular complexity index is 1240. The molecule has 7 nitrogen and oxygen atoms in total. The molecular formula is C29H35N3O4S. The molecule has 0 bridgehead atoms. The van der Waals surface area contributed by atoms with Gasteiger partial charge in [-0.05, 0) is 63.1 Å². The second-order valence-electron chi connectivity index (χ2n) is 10.1. The second-order valence-corrected chi connectivity index (χ2v) is 10.5. The predicted octanol–water partition coefficient (Wildman–Crippen LogP) is 5.58. The van der Waals surface area contributed by atoms with Crippen LogP contribution in [0.3, 0.4) is 0 Å². The van der Waals surface area contributed by atoms with Crippen LogP contribution in [-0.2, 0) is 14.3 Å². The maximum Gasteiger partial charge on any atom is 0.408 e. The highest BCUT2D eigenvalue weighted by Gasteiger charge is 2.37. The summed E-state index contributed by atoms with van der Waals surface area (Å²) < 4.78 is 5.33. The van der Waals surface area contributed by atoms with E-state index in [9.17, 15) is 14.4 Å². The molecule has 0 saturated heterocycles. The lowest BCUT2D eigenvalue weighted by molar-refractivity contribution is -0.142. The van der Waals surface area contributed by atoms with Crippen molar-refractivity contribution in [1.29, 1.82) is 0 Å². The molecule has 3 aromatic carbocycles. The van der Waals surface area contributed by atoms with Crippen molar-refractivity contribution in [2.24, 2.45) is 0 Å². The van der Waals surface area contributed by atoms with Gasteiger partial charge in [0, 0.05) is 17.5 Å². The number of hydrogen-bond donors (Lipinski definition) is 3. The average molecular weight is 522 g/mol. The predicted molar refractivity (Wildman–Crippen MR) is 151 cm³/mol. The highest BCUT2D eigenvalue weighted by Crippen LogP contribution is 2.27. The fraction of sp³-hybridized carbons (Fsp3) is 0.345. The van der Waals surface area contributed by atoms with E-state index >= 15 is 0 Å². The molecule has 0 aromatic heterocycles. The molecule has 8 heteroatoms. The number of thiol groups is 1. The zero-order valence-corrected chi connectivity index (χ0v) is 22.8. The van der Waals surface area contributed by atoms with Crippen molar-refractivity contribution in [2.45, 2.75) is 58.3 Å². The molecule has 0 fully saturated rings. The third kappa shape index (κ3) is 7.49. The lowest BCUT2D eigenvalue weighted by atomic mass is 10.0. The molecular weight excluding hydrogens is 486 g/mol. The van der Waals surface area contributed by atoms with E-state index in [1.165, 1.54) is 4.90 Å². The molecule has 0 saturated carbocycles. The van der Waals surface area contributed by atoms with Crippen molar-refractivity contribution in [3.63, 3.8) is 0 Å². The van der Waals surface area contributed by atoms with E-state index in [4.69, 9.17) is 4.74 Å². The Hall–Kier alpha value is -3.52. The third-order valence-electron chi connectivity index (χ3n) is 5.64. The Morgan fingerprint density at radius 1 is 0.919 bits per heavy atom. The van der Waals surface area contributed by atoms with Gasteiger partial charge in [-0.15, -0.1) is 0 Å². The molecule has 0 heterocycles. The van der Waals surface area contributed by atoms with Gasteiger partial charge in [-0.1, -0.05) is 60.7 Å². The van der Waals surface area contributed by atoms with E-state index in [1.54, 1.807) is 20.8 Å². The number of ether oxygens (including phenoxy) is 1. The first-order chi connectivity index (χ1) is 17.5. The number of rotatable bonds is 8. The van der Waals surface area contributed by atoms with Gasteiger partial charge in [0.25, 0.3) is 5.91 Å². The summed E-state index contributed by atoms with van der Waals surface area (Å²) in [6.45, 7) is 8.90. The number of benzene rings is 3. The Morgan fingerprint density at radius 3 is 2.14 bits per heavy atom. The summed E-state index contributed by atoms with van der Waals surface area (Å²) >= 11 is 4.31. The summed E-state index contributed by atoms with van der Waals surface area (Å²) in [5.74, 6) is -0.758. The average Bonchev–Trinajstić information content (AvgIpc) is 2.84. The largest absolute Gasteiger partial charge is 0.444 e. The monoisotopic (exact) mass is 521 g/mol. The Morgan fingerprint density at radius 2 is 1.54 bits per heavy atom. The topological polar surface area (TPSA) is 87.7 Å². The van der Waals surface area contributed by atoms with Crippen LogP contribution in [0.4, 0.5) is 10.5 Å². The van der Waals surface area contributed by atoms with Gasteiger partial charge in [0.1, 0.15) is 17.7 Å². The van der Waals surface area contributed by atoms with E-state index in [0.29, 0.717) is 11.3 Å². The van der Waals surface area contributed by atoms with Crippen LogP contribution in [-0.4, -0.2) is 46.2 Å². The van der Waals surface area contributed by atoms with Crippen LogP contribution in [0, 0.1) is 0 Å². The first-order valence-corrected chi connectivity index (χ1v) is 12.9. The normalized spacial score (nSPS) is 13.1. The minimum atomic E-state index is -0.986. The smallest absolute Gasteiger partial charge is 0.408 e. The van der Waals surface area contributed by atoms with Gasteiger partial charge in [-0.2, -0.15) is 12.6 Å². The number of fused-ring (bicyclic) bond motifs is 1. The fourth-order valence-electron chi connectivity index (χ4n) is 4.05. The SMILES string of the molecule is CC(C)N(C(=O)C(CS)NC(=O)OC(C)(C)C)C(C(=O)Nc1ccc2ccccc2c1)c1ccccc1. The van der Waals surface area contributed by atoms with Gasteiger partial charge >= 0.3 is 6.09 Å². The minimum Gasteiger partial charge on any atom is -0.444 e. The Balaban J connectivity index is 1.94. The molecule has 3 rings (SSSR count). The molecule has 3 aromatic rings. The summed E-state index contributed by atoms with van der Waals surface area (Å²) in [6.07, 6.45) is -0.722. The Labute approximate surface area is 224 Å². The molecule has 0 aliphatic rings. The van der Waals surface area contributed by atoms with Gasteiger partial charge in [0.05, 0.1) is 0 Å². The first-order valence-electron chi connectivity index (χ1n) is 12.3. The highest BCUT2D eigenvalue weighted by atomic mass is 32.1. The van der Waals surface area contributed by atoms with Crippen molar-refractivity contribution in [3.05, 3.63) is 78.4 Å². The van der Waals surface area contributed by atoms with Gasteiger partial charge < -0.3 is 20.3 Å². The molecule has 0 aliphatic heterocycles. The molecule has 37 heavy (non-hydrogen) atoms. The highest BCUT2D eigenvalue weighted by molar-refractivity contribution is 7.80. The van der Waals surface area contributed by atoms with Crippen molar-refractivity contribution in [1.82, 2.24) is 10.2 Å². The molecule has 196 valence electrons. The number of anilines is 1. The van der Waals surface area contributed by atoms with E-state index < -0.39 is 29.7 Å². The lowest BCUT2D eigenvalue weighted by Crippen LogP contribution is -2.55. The van der Waals surface area contributed by atoms with Crippen LogP contribution in [0.2, 0.25) is 0 Å². The molecule has 2 atom stereocenters. The van der Waals surface area contributed by atoms with Crippen molar-refractivity contribution < 1.29 is 19.1 Å². The number of carbonyl (C=O) groups is 3. The van der Waals surface area contributed by atoms with Gasteiger partial charge in [-0.3, -0.25) is 9.59 Å². The van der Waals surface area contributed by atoms with Crippen LogP contribution >= 0.6 is 12.6 Å². The summed E-state index contributed by atoms with van der Waals surface area (Å²) in [4.78, 5) is 41.5. The van der Waals surface area contributed by atoms with Crippen LogP contribution in [0.25, 0.3) is 10.8 Å². The summed E-state index contributed by atoms with van der Waals surface area (Å²) in [5.41, 5.74) is 0.551. The van der Waals surface area contributed by atoms with Crippen molar-refractivity contribution in [3.8, 4) is 0 Å². The molecule has 3 amide bonds. The number of alkyl carbamates (subject to hydrolysis) is 1. The molecule has 2 N–H and O–H groups in total. The number of amides is 3. The summed E-state index contributed by atoms with van der Waals surface area (Å²) in [7, 11) is 0. The number of nitrogens with zero attached hydrogens (tertiary/aromatic N) is 1. The molecule has 0 aliphatic carbocycles. The van der Waals surface area contributed by atoms with E-state index in [-0.39, 0.29) is 17.7 Å². The number of carbonyl (C=O) groups excluding carboxylic acids is 3. The lowest BCUT2D eigenvalue weighted by Gasteiger charge is -2.37. The summed E-state index contributed by atoms with van der Waals surface area (Å²) in [6, 6.07) is 20.4. The van der Waals surface area contributed by atoms with Crippen LogP contribution in [0.1, 0.15) is 46.2 Å². The zero-order chi connectivity index (χ0) is 27.2. The van der Waals surface area contributed by atoms with Crippen molar-refractivity contribution >= 4 is 47.0 Å². The number of hydrogen-bond acceptors (Lipinski definition) is 5. The standard InChI is InChI=1S/C29H35N3O4S/c1-19(2)32(27(34)24(18-37)31-28(35)36-29(3,4)5)25(21-12-7-6-8-13-21)26(33)30-23-16-15-20-11-9-10-14-22(20)17-23/h6-17,19,24-25,37H,18H2,1-5H3,(H,30,33)(H,31,35). The van der Waals surface area contributed by atoms with Gasteiger partial charge in [0.2, 0.25) is 5.91 Å². The zero-order valence-electron chi connectivity index (χ0n) is 21.9. The summed E-state index contributed by atoms with van der Waals surface area (Å²) in [5, 5.41) is 7.65. The third-order valence-corrected chi connectivity index (χ3v) is 6.01. The first kappa shape index (κ1) is 28.1. The van der Waals surface area contributed by atoms with Crippen LogP contribution in [0.5, 0.6) is 0 Å². The quantitative estimate of drug-likeness (QED) is 0.338. The molecule has 0 spiro atoms.